The maximum atomic E-state index is 9.62. The van der Waals surface area contributed by atoms with Crippen molar-refractivity contribution in [2.45, 2.75) is 11.0 Å². The van der Waals surface area contributed by atoms with Crippen LogP contribution < -0.4 is 4.74 Å². The number of methoxy groups -OCH3 is 1. The second kappa shape index (κ2) is 7.06. The third-order valence-electron chi connectivity index (χ3n) is 3.14. The van der Waals surface area contributed by atoms with E-state index in [1.54, 1.807) is 12.1 Å². The Morgan fingerprint density at radius 1 is 1.22 bits per heavy atom. The van der Waals surface area contributed by atoms with Crippen molar-refractivity contribution in [1.29, 1.82) is 0 Å². The predicted molar refractivity (Wildman–Crippen MR) is 91.7 cm³/mol. The summed E-state index contributed by atoms with van der Waals surface area (Å²) in [6.07, 6.45) is 0. The van der Waals surface area contributed by atoms with E-state index >= 15 is 0 Å². The molecular formula is C16H13BrN2O3S. The molecule has 0 radical (unpaired) electrons. The summed E-state index contributed by atoms with van der Waals surface area (Å²) in [5, 5.41) is 18.2. The lowest BCUT2D eigenvalue weighted by atomic mass is 10.2. The summed E-state index contributed by atoms with van der Waals surface area (Å²) in [5.74, 6) is 1.54. The van der Waals surface area contributed by atoms with E-state index < -0.39 is 0 Å². The summed E-state index contributed by atoms with van der Waals surface area (Å²) < 4.78 is 11.8. The van der Waals surface area contributed by atoms with Gasteiger partial charge >= 0.3 is 0 Å². The fourth-order valence-electron chi connectivity index (χ4n) is 1.95. The minimum absolute atomic E-state index is 0.0688. The lowest BCUT2D eigenvalue weighted by Gasteiger charge is -2.03. The molecule has 1 aromatic heterocycles. The van der Waals surface area contributed by atoms with E-state index in [4.69, 9.17) is 9.15 Å². The zero-order valence-electron chi connectivity index (χ0n) is 12.2. The van der Waals surface area contributed by atoms with Crippen molar-refractivity contribution in [1.82, 2.24) is 10.2 Å². The lowest BCUT2D eigenvalue weighted by Crippen LogP contribution is -1.85. The summed E-state index contributed by atoms with van der Waals surface area (Å²) in [7, 11) is 1.49. The number of hydrogen-bond acceptors (Lipinski definition) is 6. The van der Waals surface area contributed by atoms with E-state index in [9.17, 15) is 5.11 Å². The number of phenolic OH excluding ortho intramolecular Hbond substituents is 1. The first-order valence-corrected chi connectivity index (χ1v) is 8.52. The number of ether oxygens (including phenoxy) is 1. The van der Waals surface area contributed by atoms with Crippen molar-refractivity contribution in [2.24, 2.45) is 0 Å². The van der Waals surface area contributed by atoms with Gasteiger partial charge in [0, 0.05) is 15.8 Å². The third-order valence-corrected chi connectivity index (χ3v) is 4.78. The van der Waals surface area contributed by atoms with Gasteiger partial charge in [-0.2, -0.15) is 0 Å². The van der Waals surface area contributed by atoms with Crippen molar-refractivity contribution in [3.63, 3.8) is 0 Å². The molecule has 1 heterocycles. The Hall–Kier alpha value is -1.99. The molecule has 23 heavy (non-hydrogen) atoms. The molecule has 2 aromatic carbocycles. The molecule has 0 unspecified atom stereocenters. The fraction of sp³-hybridized carbons (Fsp3) is 0.125. The maximum Gasteiger partial charge on any atom is 0.277 e. The number of halogens is 1. The second-order valence-electron chi connectivity index (χ2n) is 4.64. The summed E-state index contributed by atoms with van der Waals surface area (Å²) in [4.78, 5) is 0. The summed E-state index contributed by atoms with van der Waals surface area (Å²) in [6.45, 7) is 0. The Morgan fingerprint density at radius 3 is 2.83 bits per heavy atom. The molecule has 0 fully saturated rings. The van der Waals surface area contributed by atoms with Gasteiger partial charge < -0.3 is 14.3 Å². The van der Waals surface area contributed by atoms with E-state index in [1.807, 2.05) is 24.3 Å². The van der Waals surface area contributed by atoms with Crippen molar-refractivity contribution >= 4 is 27.7 Å². The molecule has 0 aliphatic carbocycles. The lowest BCUT2D eigenvalue weighted by molar-refractivity contribution is 0.373. The number of phenols is 1. The van der Waals surface area contributed by atoms with Crippen LogP contribution in [0, 0.1) is 0 Å². The van der Waals surface area contributed by atoms with Gasteiger partial charge in [0.2, 0.25) is 5.89 Å². The Kier molecular flexibility index (Phi) is 4.88. The van der Waals surface area contributed by atoms with E-state index in [0.29, 0.717) is 22.4 Å². The topological polar surface area (TPSA) is 68.4 Å². The van der Waals surface area contributed by atoms with Crippen molar-refractivity contribution in [2.75, 3.05) is 7.11 Å². The van der Waals surface area contributed by atoms with Crippen LogP contribution in [0.25, 0.3) is 11.5 Å². The summed E-state index contributed by atoms with van der Waals surface area (Å²) in [6, 6.07) is 12.9. The van der Waals surface area contributed by atoms with Gasteiger partial charge in [0.05, 0.1) is 7.11 Å². The van der Waals surface area contributed by atoms with Crippen LogP contribution in [-0.2, 0) is 5.75 Å². The highest BCUT2D eigenvalue weighted by Crippen LogP contribution is 2.32. The molecule has 0 spiro atoms. The number of aromatic nitrogens is 2. The molecule has 0 bridgehead atoms. The minimum atomic E-state index is 0.0688. The first-order chi connectivity index (χ1) is 11.2. The molecule has 3 rings (SSSR count). The van der Waals surface area contributed by atoms with Crippen molar-refractivity contribution < 1.29 is 14.3 Å². The molecule has 0 aliphatic heterocycles. The van der Waals surface area contributed by atoms with Crippen LogP contribution in [-0.4, -0.2) is 22.4 Å². The van der Waals surface area contributed by atoms with Gasteiger partial charge in [0.15, 0.2) is 11.5 Å². The van der Waals surface area contributed by atoms with Crippen LogP contribution in [0.4, 0.5) is 0 Å². The Balaban J connectivity index is 1.74. The highest BCUT2D eigenvalue weighted by atomic mass is 79.9. The molecule has 7 heteroatoms. The molecule has 0 atom stereocenters. The van der Waals surface area contributed by atoms with Crippen molar-refractivity contribution in [3.8, 4) is 23.0 Å². The summed E-state index contributed by atoms with van der Waals surface area (Å²) >= 11 is 4.98. The number of thioether (sulfide) groups is 1. The van der Waals surface area contributed by atoms with Crippen LogP contribution >= 0.6 is 27.7 Å². The molecule has 0 saturated heterocycles. The first kappa shape index (κ1) is 15.9. The molecule has 0 saturated carbocycles. The number of benzene rings is 2. The smallest absolute Gasteiger partial charge is 0.277 e. The molecule has 1 N–H and O–H groups in total. The average molecular weight is 393 g/mol. The fourth-order valence-corrected chi connectivity index (χ4v) is 3.33. The zero-order chi connectivity index (χ0) is 16.2. The quantitative estimate of drug-likeness (QED) is 0.644. The number of hydrogen-bond donors (Lipinski definition) is 1. The van der Waals surface area contributed by atoms with Crippen molar-refractivity contribution in [3.05, 3.63) is 52.5 Å². The minimum Gasteiger partial charge on any atom is -0.504 e. The number of nitrogens with zero attached hydrogens (tertiary/aromatic N) is 2. The zero-order valence-corrected chi connectivity index (χ0v) is 14.6. The largest absolute Gasteiger partial charge is 0.504 e. The van der Waals surface area contributed by atoms with Gasteiger partial charge in [-0.15, -0.1) is 10.2 Å². The Morgan fingerprint density at radius 2 is 2.04 bits per heavy atom. The molecule has 3 aromatic rings. The standard InChI is InChI=1S/C16H13BrN2O3S/c1-21-14-8-10(6-7-13(14)20)15-18-19-16(22-15)23-9-11-4-2-3-5-12(11)17/h2-8,20H,9H2,1H3. The molecular weight excluding hydrogens is 380 g/mol. The van der Waals surface area contributed by atoms with Gasteiger partial charge in [0.25, 0.3) is 5.22 Å². The molecule has 5 nitrogen and oxygen atoms in total. The van der Waals surface area contributed by atoms with Gasteiger partial charge in [-0.05, 0) is 29.8 Å². The second-order valence-corrected chi connectivity index (χ2v) is 6.42. The highest BCUT2D eigenvalue weighted by Gasteiger charge is 2.12. The Labute approximate surface area is 145 Å². The number of rotatable bonds is 5. The van der Waals surface area contributed by atoms with E-state index in [-0.39, 0.29) is 5.75 Å². The average Bonchev–Trinajstić information content (AvgIpc) is 3.03. The SMILES string of the molecule is COc1cc(-c2nnc(SCc3ccccc3Br)o2)ccc1O. The normalized spacial score (nSPS) is 10.7. The Bertz CT molecular complexity index is 823. The van der Waals surface area contributed by atoms with Crippen LogP contribution in [0.3, 0.4) is 0 Å². The van der Waals surface area contributed by atoms with Crippen LogP contribution in [0.15, 0.2) is 56.6 Å². The number of aromatic hydroxyl groups is 1. The van der Waals surface area contributed by atoms with Gasteiger partial charge in [-0.1, -0.05) is 45.9 Å². The third kappa shape index (κ3) is 3.68. The van der Waals surface area contributed by atoms with E-state index in [2.05, 4.69) is 26.1 Å². The van der Waals surface area contributed by atoms with Gasteiger partial charge in [-0.3, -0.25) is 0 Å². The van der Waals surface area contributed by atoms with E-state index in [0.717, 1.165) is 15.8 Å². The van der Waals surface area contributed by atoms with Gasteiger partial charge in [-0.25, -0.2) is 0 Å². The summed E-state index contributed by atoms with van der Waals surface area (Å²) in [5.41, 5.74) is 1.85. The predicted octanol–water partition coefficient (Wildman–Crippen LogP) is 4.51. The maximum absolute atomic E-state index is 9.62. The molecule has 0 amide bonds. The van der Waals surface area contributed by atoms with Crippen LogP contribution in [0.2, 0.25) is 0 Å². The van der Waals surface area contributed by atoms with Gasteiger partial charge in [0.1, 0.15) is 0 Å². The van der Waals surface area contributed by atoms with E-state index in [1.165, 1.54) is 24.9 Å². The van der Waals surface area contributed by atoms with Crippen LogP contribution in [0.1, 0.15) is 5.56 Å². The first-order valence-electron chi connectivity index (χ1n) is 6.74. The highest BCUT2D eigenvalue weighted by molar-refractivity contribution is 9.10. The molecule has 0 aliphatic rings. The van der Waals surface area contributed by atoms with Crippen LogP contribution in [0.5, 0.6) is 11.5 Å². The molecule has 118 valence electrons. The monoisotopic (exact) mass is 392 g/mol.